The van der Waals surface area contributed by atoms with Crippen LogP contribution in [0.3, 0.4) is 0 Å². The van der Waals surface area contributed by atoms with Crippen LogP contribution in [0.4, 0.5) is 0 Å². The van der Waals surface area contributed by atoms with Crippen molar-refractivity contribution in [1.82, 2.24) is 5.32 Å². The topological polar surface area (TPSA) is 35.7 Å². The summed E-state index contributed by atoms with van der Waals surface area (Å²) in [5.74, 6) is 0.908. The van der Waals surface area contributed by atoms with Crippen LogP contribution in [0.25, 0.3) is 11.4 Å². The molecular weight excluding hydrogens is 356 g/mol. The number of ether oxygens (including phenoxy) is 1. The summed E-state index contributed by atoms with van der Waals surface area (Å²) in [6, 6.07) is 30.9. The molecule has 3 aromatic rings. The van der Waals surface area contributed by atoms with Crippen molar-refractivity contribution in [3.05, 3.63) is 108 Å². The predicted octanol–water partition coefficient (Wildman–Crippen LogP) is 5.92. The van der Waals surface area contributed by atoms with Crippen LogP contribution in [0, 0.1) is 0 Å². The summed E-state index contributed by atoms with van der Waals surface area (Å²) in [4.78, 5) is 4.87. The summed E-state index contributed by atoms with van der Waals surface area (Å²) in [5.41, 5.74) is 5.36. The van der Waals surface area contributed by atoms with Crippen molar-refractivity contribution in [2.45, 2.75) is 25.9 Å². The maximum atomic E-state index is 5.78. The Labute approximate surface area is 172 Å². The number of hydrogen-bond acceptors (Lipinski definition) is 2. The first kappa shape index (κ1) is 19.2. The fourth-order valence-electron chi connectivity index (χ4n) is 3.35. The van der Waals surface area contributed by atoms with Crippen LogP contribution in [0.5, 0.6) is 0 Å². The molecule has 0 spiro atoms. The summed E-state index contributed by atoms with van der Waals surface area (Å²) in [7, 11) is 0. The lowest BCUT2D eigenvalue weighted by Crippen LogP contribution is -2.10. The van der Waals surface area contributed by atoms with Gasteiger partial charge in [-0.1, -0.05) is 91.0 Å². The lowest BCUT2D eigenvalue weighted by Gasteiger charge is -2.06. The molecule has 1 radical (unpaired) electrons. The van der Waals surface area contributed by atoms with Crippen molar-refractivity contribution >= 4 is 17.2 Å². The molecule has 0 saturated carbocycles. The summed E-state index contributed by atoms with van der Waals surface area (Å²) >= 11 is 0. The van der Waals surface area contributed by atoms with Gasteiger partial charge in [0.2, 0.25) is 0 Å². The Kier molecular flexibility index (Phi) is 6.51. The molecule has 3 nitrogen and oxygen atoms in total. The van der Waals surface area contributed by atoms with Crippen LogP contribution in [0.1, 0.15) is 36.0 Å². The molecule has 1 aliphatic rings. The lowest BCUT2D eigenvalue weighted by atomic mass is 10.1. The highest BCUT2D eigenvalue weighted by Crippen LogP contribution is 2.31. The van der Waals surface area contributed by atoms with Gasteiger partial charge in [-0.2, -0.15) is 0 Å². The standard InChI is InChI=1S/C26H25N2O/c1-4-12-21(13-5-1)20-29-19-11-10-18-24-27-25(22-14-6-2-7-15-22)26(28-24)23-16-8-3-9-17-23/h1-9,12-17H,10-11,18-20H2. The van der Waals surface area contributed by atoms with E-state index in [-0.39, 0.29) is 0 Å². The normalized spacial score (nSPS) is 13.3. The number of benzene rings is 3. The third-order valence-electron chi connectivity index (χ3n) is 4.85. The predicted molar refractivity (Wildman–Crippen MR) is 119 cm³/mol. The van der Waals surface area contributed by atoms with Crippen molar-refractivity contribution in [3.63, 3.8) is 0 Å². The molecule has 4 rings (SSSR count). The molecule has 0 N–H and O–H groups in total. The SMILES string of the molecule is c1ccc(COCCCCC2=NC(c3ccccc3)=C(c3ccccc3)[N]2)cc1. The summed E-state index contributed by atoms with van der Waals surface area (Å²) < 4.78 is 5.78. The molecule has 0 aromatic heterocycles. The summed E-state index contributed by atoms with van der Waals surface area (Å²) in [5, 5.41) is 4.87. The first-order chi connectivity index (χ1) is 14.4. The quantitative estimate of drug-likeness (QED) is 0.424. The first-order valence-electron chi connectivity index (χ1n) is 10.2. The number of hydrogen-bond donors (Lipinski definition) is 0. The molecule has 3 aromatic carbocycles. The van der Waals surface area contributed by atoms with Crippen LogP contribution in [-0.2, 0) is 11.3 Å². The highest BCUT2D eigenvalue weighted by atomic mass is 16.5. The van der Waals surface area contributed by atoms with Gasteiger partial charge in [0.1, 0.15) is 5.84 Å². The van der Waals surface area contributed by atoms with Crippen LogP contribution < -0.4 is 5.32 Å². The maximum absolute atomic E-state index is 5.78. The Balaban J connectivity index is 1.32. The van der Waals surface area contributed by atoms with Gasteiger partial charge in [-0.25, -0.2) is 10.3 Å². The van der Waals surface area contributed by atoms with Crippen LogP contribution in [0.2, 0.25) is 0 Å². The van der Waals surface area contributed by atoms with Gasteiger partial charge in [-0.3, -0.25) is 0 Å². The molecule has 1 heterocycles. The molecule has 0 aliphatic carbocycles. The Morgan fingerprint density at radius 1 is 0.621 bits per heavy atom. The van der Waals surface area contributed by atoms with E-state index >= 15 is 0 Å². The third-order valence-corrected chi connectivity index (χ3v) is 4.85. The number of aliphatic imine (C=N–C) groups is 1. The summed E-state index contributed by atoms with van der Waals surface area (Å²) in [6.07, 6.45) is 2.88. The third kappa shape index (κ3) is 5.21. The number of nitrogens with zero attached hydrogens (tertiary/aromatic N) is 2. The fraction of sp³-hybridized carbons (Fsp3) is 0.192. The van der Waals surface area contributed by atoms with Gasteiger partial charge in [-0.05, 0) is 18.4 Å². The van der Waals surface area contributed by atoms with E-state index in [9.17, 15) is 0 Å². The molecule has 0 amide bonds. The zero-order valence-corrected chi connectivity index (χ0v) is 16.5. The van der Waals surface area contributed by atoms with Crippen LogP contribution in [-0.4, -0.2) is 12.4 Å². The van der Waals surface area contributed by atoms with Gasteiger partial charge in [-0.15, -0.1) is 0 Å². The van der Waals surface area contributed by atoms with Crippen molar-refractivity contribution in [1.29, 1.82) is 0 Å². The number of rotatable bonds is 9. The van der Waals surface area contributed by atoms with Crippen molar-refractivity contribution in [2.75, 3.05) is 6.61 Å². The number of unbranched alkanes of at least 4 members (excludes halogenated alkanes) is 1. The molecule has 29 heavy (non-hydrogen) atoms. The van der Waals surface area contributed by atoms with Gasteiger partial charge in [0.15, 0.2) is 0 Å². The molecule has 0 atom stereocenters. The second-order valence-corrected chi connectivity index (χ2v) is 7.06. The van der Waals surface area contributed by atoms with Crippen molar-refractivity contribution in [3.8, 4) is 0 Å². The first-order valence-corrected chi connectivity index (χ1v) is 10.2. The molecule has 1 aliphatic heterocycles. The average Bonchev–Trinajstić information content (AvgIpc) is 3.22. The maximum Gasteiger partial charge on any atom is 0.129 e. The minimum atomic E-state index is 0.671. The van der Waals surface area contributed by atoms with Gasteiger partial charge >= 0.3 is 0 Å². The Morgan fingerprint density at radius 2 is 1.21 bits per heavy atom. The van der Waals surface area contributed by atoms with Gasteiger partial charge in [0, 0.05) is 24.2 Å². The molecular formula is C26H25N2O. The van der Waals surface area contributed by atoms with E-state index in [1.54, 1.807) is 0 Å². The van der Waals surface area contributed by atoms with E-state index in [4.69, 9.17) is 15.0 Å². The second kappa shape index (κ2) is 9.85. The van der Waals surface area contributed by atoms with Gasteiger partial charge in [0.05, 0.1) is 18.0 Å². The minimum Gasteiger partial charge on any atom is -0.377 e. The van der Waals surface area contributed by atoms with E-state index in [0.29, 0.717) is 6.61 Å². The smallest absolute Gasteiger partial charge is 0.129 e. The van der Waals surface area contributed by atoms with Crippen LogP contribution in [0.15, 0.2) is 96.0 Å². The van der Waals surface area contributed by atoms with Gasteiger partial charge in [0.25, 0.3) is 0 Å². The summed E-state index contributed by atoms with van der Waals surface area (Å²) in [6.45, 7) is 1.43. The zero-order chi connectivity index (χ0) is 19.7. The number of amidine groups is 1. The fourth-order valence-corrected chi connectivity index (χ4v) is 3.35. The lowest BCUT2D eigenvalue weighted by molar-refractivity contribution is 0.117. The molecule has 0 unspecified atom stereocenters. The van der Waals surface area contributed by atoms with E-state index < -0.39 is 0 Å². The van der Waals surface area contributed by atoms with Crippen molar-refractivity contribution < 1.29 is 4.74 Å². The van der Waals surface area contributed by atoms with Crippen LogP contribution >= 0.6 is 0 Å². The van der Waals surface area contributed by atoms with E-state index in [2.05, 4.69) is 36.4 Å². The highest BCUT2D eigenvalue weighted by Gasteiger charge is 2.21. The Hall–Kier alpha value is -3.17. The molecule has 0 bridgehead atoms. The minimum absolute atomic E-state index is 0.671. The van der Waals surface area contributed by atoms with Gasteiger partial charge < -0.3 is 4.74 Å². The Morgan fingerprint density at radius 3 is 1.86 bits per heavy atom. The second-order valence-electron chi connectivity index (χ2n) is 7.06. The van der Waals surface area contributed by atoms with E-state index in [0.717, 1.165) is 54.2 Å². The molecule has 145 valence electrons. The largest absolute Gasteiger partial charge is 0.377 e. The Bertz CT molecular complexity index is 963. The average molecular weight is 381 g/mol. The monoisotopic (exact) mass is 381 g/mol. The molecule has 0 fully saturated rings. The zero-order valence-electron chi connectivity index (χ0n) is 16.5. The molecule has 0 saturated heterocycles. The molecule has 3 heteroatoms. The van der Waals surface area contributed by atoms with E-state index in [1.165, 1.54) is 5.56 Å². The van der Waals surface area contributed by atoms with E-state index in [1.807, 2.05) is 54.6 Å². The van der Waals surface area contributed by atoms with Crippen molar-refractivity contribution in [2.24, 2.45) is 4.99 Å². The highest BCUT2D eigenvalue weighted by molar-refractivity contribution is 6.07.